The van der Waals surface area contributed by atoms with Gasteiger partial charge >= 0.3 is 24.2 Å². The fraction of sp³-hybridized carbons (Fsp3) is 0.560. The van der Waals surface area contributed by atoms with Crippen molar-refractivity contribution in [3.8, 4) is 0 Å². The normalized spacial score (nSPS) is 12.6. The number of benzene rings is 1. The predicted molar refractivity (Wildman–Crippen MR) is 138 cm³/mol. The van der Waals surface area contributed by atoms with E-state index in [9.17, 15) is 24.0 Å². The second-order valence-electron chi connectivity index (χ2n) is 9.75. The van der Waals surface area contributed by atoms with Gasteiger partial charge in [-0.15, -0.1) is 0 Å². The Balaban J connectivity index is 2.90. The molecule has 2 atom stereocenters. The summed E-state index contributed by atoms with van der Waals surface area (Å²) in [6.45, 7) is 10.6. The van der Waals surface area contributed by atoms with Crippen LogP contribution in [0.3, 0.4) is 0 Å². The zero-order valence-corrected chi connectivity index (χ0v) is 22.3. The van der Waals surface area contributed by atoms with Crippen LogP contribution in [-0.2, 0) is 25.5 Å². The van der Waals surface area contributed by atoms with Gasteiger partial charge in [0.25, 0.3) is 0 Å². The Morgan fingerprint density at radius 2 is 1.59 bits per heavy atom. The number of nitrogens with two attached hydrogens (primary N) is 1. The van der Waals surface area contributed by atoms with Crippen LogP contribution in [0, 0.1) is 5.92 Å². The Morgan fingerprint density at radius 1 is 0.973 bits per heavy atom. The second-order valence-corrected chi connectivity index (χ2v) is 9.75. The summed E-state index contributed by atoms with van der Waals surface area (Å²) in [4.78, 5) is 61.2. The molecule has 5 amide bonds. The quantitative estimate of drug-likeness (QED) is 0.169. The van der Waals surface area contributed by atoms with E-state index in [1.807, 2.05) is 19.1 Å². The van der Waals surface area contributed by atoms with Gasteiger partial charge in [0.15, 0.2) is 0 Å². The van der Waals surface area contributed by atoms with Crippen molar-refractivity contribution in [2.75, 3.05) is 11.9 Å². The van der Waals surface area contributed by atoms with E-state index in [2.05, 4.69) is 21.3 Å². The smallest absolute Gasteiger partial charge is 0.419 e. The number of alkyl carbamates (subject to hydrolysis) is 1. The highest BCUT2D eigenvalue weighted by Gasteiger charge is 2.31. The molecule has 0 heterocycles. The third-order valence-electron chi connectivity index (χ3n) is 4.99. The molecule has 0 saturated carbocycles. The molecule has 0 aliphatic rings. The minimum atomic E-state index is -1.24. The molecule has 1 rings (SSSR count). The van der Waals surface area contributed by atoms with Crippen molar-refractivity contribution in [1.82, 2.24) is 16.0 Å². The van der Waals surface area contributed by atoms with E-state index in [-0.39, 0.29) is 25.3 Å². The molecular formula is C25H39N5O7. The number of urea groups is 1. The van der Waals surface area contributed by atoms with Crippen molar-refractivity contribution >= 4 is 35.8 Å². The van der Waals surface area contributed by atoms with E-state index in [1.165, 1.54) is 0 Å². The summed E-state index contributed by atoms with van der Waals surface area (Å²) >= 11 is 0. The van der Waals surface area contributed by atoms with Crippen molar-refractivity contribution in [2.24, 2.45) is 11.7 Å². The number of aryl methyl sites for hydroxylation is 1. The molecule has 0 aliphatic carbocycles. The van der Waals surface area contributed by atoms with Crippen LogP contribution < -0.4 is 27.0 Å². The molecule has 0 fully saturated rings. The Bertz CT molecular complexity index is 942. The van der Waals surface area contributed by atoms with Crippen molar-refractivity contribution < 1.29 is 33.4 Å². The number of carbonyl (C=O) groups excluding carboxylic acids is 5. The molecule has 1 unspecified atom stereocenters. The van der Waals surface area contributed by atoms with E-state index < -0.39 is 47.8 Å². The van der Waals surface area contributed by atoms with E-state index in [0.29, 0.717) is 5.69 Å². The Hall–Kier alpha value is -3.83. The first-order valence-electron chi connectivity index (χ1n) is 12.2. The summed E-state index contributed by atoms with van der Waals surface area (Å²) in [5.74, 6) is -2.02. The van der Waals surface area contributed by atoms with Gasteiger partial charge in [-0.2, -0.15) is 0 Å². The summed E-state index contributed by atoms with van der Waals surface area (Å²) in [5.41, 5.74) is 5.79. The standard InChI is InChI=1S/C25H39N5O7/c1-7-16-10-12-17(13-11-16)28-23(34)36-21(32)18(9-8-14-27-22(26)33)29-20(31)19(15(2)3)30-24(35)37-25(4,5)6/h10-13,15,18-19H,7-9,14H2,1-6H3,(H,28,34)(H,29,31)(H,30,35)(H3,26,27,33)/t18?,19-/m0/s1. The lowest BCUT2D eigenvalue weighted by Gasteiger charge is -2.26. The molecule has 12 nitrogen and oxygen atoms in total. The largest absolute Gasteiger partial charge is 0.444 e. The lowest BCUT2D eigenvalue weighted by Crippen LogP contribution is -2.54. The number of rotatable bonds is 11. The van der Waals surface area contributed by atoms with E-state index in [0.717, 1.165) is 12.0 Å². The van der Waals surface area contributed by atoms with Crippen LogP contribution in [-0.4, -0.2) is 54.3 Å². The molecule has 37 heavy (non-hydrogen) atoms. The van der Waals surface area contributed by atoms with Gasteiger partial charge < -0.3 is 31.2 Å². The average Bonchev–Trinajstić information content (AvgIpc) is 2.78. The summed E-state index contributed by atoms with van der Waals surface area (Å²) < 4.78 is 10.1. The molecular weight excluding hydrogens is 482 g/mol. The maximum atomic E-state index is 13.0. The van der Waals surface area contributed by atoms with Crippen LogP contribution in [0.15, 0.2) is 24.3 Å². The Kier molecular flexibility index (Phi) is 12.4. The third-order valence-corrected chi connectivity index (χ3v) is 4.99. The number of esters is 1. The predicted octanol–water partition coefficient (Wildman–Crippen LogP) is 2.81. The number of hydrogen-bond donors (Lipinski definition) is 5. The summed E-state index contributed by atoms with van der Waals surface area (Å²) in [7, 11) is 0. The molecule has 6 N–H and O–H groups in total. The van der Waals surface area contributed by atoms with E-state index in [4.69, 9.17) is 15.2 Å². The topological polar surface area (TPSA) is 178 Å². The first-order chi connectivity index (χ1) is 17.2. The van der Waals surface area contributed by atoms with Gasteiger partial charge in [0.1, 0.15) is 17.7 Å². The molecule has 1 aromatic carbocycles. The van der Waals surface area contributed by atoms with Crippen molar-refractivity contribution in [3.63, 3.8) is 0 Å². The maximum absolute atomic E-state index is 13.0. The van der Waals surface area contributed by atoms with Gasteiger partial charge in [0.2, 0.25) is 5.91 Å². The molecule has 0 aliphatic heterocycles. The van der Waals surface area contributed by atoms with Crippen LogP contribution in [0.2, 0.25) is 0 Å². The monoisotopic (exact) mass is 521 g/mol. The number of nitrogens with one attached hydrogen (secondary N) is 4. The summed E-state index contributed by atoms with van der Waals surface area (Å²) in [6, 6.07) is 4.00. The molecule has 0 bridgehead atoms. The number of carbonyl (C=O) groups is 5. The molecule has 0 radical (unpaired) electrons. The van der Waals surface area contributed by atoms with Crippen LogP contribution in [0.25, 0.3) is 0 Å². The highest BCUT2D eigenvalue weighted by molar-refractivity contribution is 5.96. The number of hydrogen-bond acceptors (Lipinski definition) is 7. The summed E-state index contributed by atoms with van der Waals surface area (Å²) in [6.07, 6.45) is -0.708. The maximum Gasteiger partial charge on any atom is 0.419 e. The molecule has 206 valence electrons. The minimum absolute atomic E-state index is 0.0284. The van der Waals surface area contributed by atoms with Crippen molar-refractivity contribution in [2.45, 2.75) is 78.5 Å². The molecule has 12 heteroatoms. The lowest BCUT2D eigenvalue weighted by atomic mass is 10.0. The minimum Gasteiger partial charge on any atom is -0.444 e. The van der Waals surface area contributed by atoms with Gasteiger partial charge in [-0.3, -0.25) is 10.1 Å². The number of anilines is 1. The van der Waals surface area contributed by atoms with Crippen molar-refractivity contribution in [1.29, 1.82) is 0 Å². The number of primary amides is 1. The zero-order chi connectivity index (χ0) is 28.2. The third kappa shape index (κ3) is 12.6. The summed E-state index contributed by atoms with van der Waals surface area (Å²) in [5, 5.41) is 9.88. The fourth-order valence-corrected chi connectivity index (χ4v) is 3.13. The molecule has 0 saturated heterocycles. The number of ether oxygens (including phenoxy) is 2. The highest BCUT2D eigenvalue weighted by Crippen LogP contribution is 2.12. The SMILES string of the molecule is CCc1ccc(NC(=O)OC(=O)C(CCCNC(N)=O)NC(=O)[C@@H](NC(=O)OC(C)(C)C)C(C)C)cc1. The molecule has 0 aromatic heterocycles. The van der Waals surface area contributed by atoms with Crippen molar-refractivity contribution in [3.05, 3.63) is 29.8 Å². The molecule has 0 spiro atoms. The zero-order valence-electron chi connectivity index (χ0n) is 22.3. The van der Waals surface area contributed by atoms with Gasteiger partial charge in [-0.05, 0) is 63.6 Å². The van der Waals surface area contributed by atoms with Crippen LogP contribution in [0.4, 0.5) is 20.1 Å². The van der Waals surface area contributed by atoms with E-state index >= 15 is 0 Å². The average molecular weight is 522 g/mol. The van der Waals surface area contributed by atoms with Gasteiger partial charge in [-0.1, -0.05) is 32.9 Å². The van der Waals surface area contributed by atoms with E-state index in [1.54, 1.807) is 46.8 Å². The fourth-order valence-electron chi connectivity index (χ4n) is 3.13. The van der Waals surface area contributed by atoms with Crippen LogP contribution in [0.5, 0.6) is 0 Å². The highest BCUT2D eigenvalue weighted by atomic mass is 16.6. The lowest BCUT2D eigenvalue weighted by molar-refractivity contribution is -0.142. The first-order valence-corrected chi connectivity index (χ1v) is 12.2. The molecule has 1 aromatic rings. The van der Waals surface area contributed by atoms with Gasteiger partial charge in [0, 0.05) is 12.2 Å². The second kappa shape index (κ2) is 14.7. The Labute approximate surface area is 217 Å². The van der Waals surface area contributed by atoms with Gasteiger partial charge in [-0.25, -0.2) is 19.2 Å². The first kappa shape index (κ1) is 31.2. The Morgan fingerprint density at radius 3 is 2.11 bits per heavy atom. The van der Waals surface area contributed by atoms with Crippen LogP contribution >= 0.6 is 0 Å². The van der Waals surface area contributed by atoms with Gasteiger partial charge in [0.05, 0.1) is 0 Å². The number of amides is 5. The van der Waals surface area contributed by atoms with Crippen LogP contribution in [0.1, 0.15) is 59.9 Å².